The van der Waals surface area contributed by atoms with Gasteiger partial charge in [0, 0.05) is 0 Å². The van der Waals surface area contributed by atoms with Crippen LogP contribution in [0.2, 0.25) is 0 Å². The van der Waals surface area contributed by atoms with Crippen LogP contribution in [0.4, 0.5) is 0 Å². The highest BCUT2D eigenvalue weighted by molar-refractivity contribution is 8.49. The van der Waals surface area contributed by atoms with Gasteiger partial charge in [0.25, 0.3) is 0 Å². The molecule has 0 saturated heterocycles. The van der Waals surface area contributed by atoms with E-state index in [1.54, 1.807) is 0 Å². The first kappa shape index (κ1) is 5.90. The molecule has 0 atom stereocenters. The van der Waals surface area contributed by atoms with Crippen molar-refractivity contribution in [2.24, 2.45) is 0 Å². The van der Waals surface area contributed by atoms with E-state index in [0.29, 0.717) is 0 Å². The Balaban J connectivity index is 4.38. The monoisotopic (exact) mass is 130 g/mol. The Hall–Kier alpha value is -0.100. The molecule has 4 nitrogen and oxygen atoms in total. The summed E-state index contributed by atoms with van der Waals surface area (Å²) in [6, 6.07) is 0. The minimum Gasteiger partial charge on any atom is -0.216 e. The van der Waals surface area contributed by atoms with Crippen molar-refractivity contribution in [3.63, 3.8) is 0 Å². The number of hydrogen-bond acceptors (Lipinski definition) is 4. The number of thiol groups is 2. The molecule has 0 aromatic heterocycles. The molecule has 6 heavy (non-hydrogen) atoms. The summed E-state index contributed by atoms with van der Waals surface area (Å²) >= 11 is 0. The maximum atomic E-state index is 9.14. The maximum absolute atomic E-state index is 9.14. The molecule has 0 radical (unpaired) electrons. The molecule has 0 saturated carbocycles. The predicted octanol–water partition coefficient (Wildman–Crippen LogP) is -1.88. The minimum atomic E-state index is -3.21. The fourth-order valence-electron chi connectivity index (χ4n) is 0. The van der Waals surface area contributed by atoms with Gasteiger partial charge in [0.1, 0.15) is 0 Å². The molecule has 0 heterocycles. The summed E-state index contributed by atoms with van der Waals surface area (Å²) in [4.78, 5) is 0. The highest BCUT2D eigenvalue weighted by Gasteiger charge is 1.75. The Morgan fingerprint density at radius 1 is 0.667 bits per heavy atom. The van der Waals surface area contributed by atoms with Gasteiger partial charge in [-0.2, -0.15) is 0 Å². The van der Waals surface area contributed by atoms with E-state index in [1.807, 2.05) is 0 Å². The largest absolute Gasteiger partial charge is 0.241 e. The summed E-state index contributed by atoms with van der Waals surface area (Å²) in [6.45, 7) is 0. The first-order valence-corrected chi connectivity index (χ1v) is 3.99. The van der Waals surface area contributed by atoms with E-state index in [1.165, 1.54) is 0 Å². The van der Waals surface area contributed by atoms with Crippen molar-refractivity contribution in [1.82, 2.24) is 0 Å². The molecule has 6 heteroatoms. The molecule has 0 fully saturated rings. The van der Waals surface area contributed by atoms with Gasteiger partial charge in [-0.05, 0) is 0 Å². The zero-order valence-corrected chi connectivity index (χ0v) is 4.32. The standard InChI is InChI=1S/H2O4S2/c1-5(2)6(3)4/h5-6H. The summed E-state index contributed by atoms with van der Waals surface area (Å²) in [7, 11) is -6.41. The molecule has 0 N–H and O–H groups in total. The Morgan fingerprint density at radius 2 is 0.833 bits per heavy atom. The second-order valence-electron chi connectivity index (χ2n) is 0.476. The molecule has 0 spiro atoms. The molecular weight excluding hydrogens is 128 g/mol. The summed E-state index contributed by atoms with van der Waals surface area (Å²) in [5.41, 5.74) is 0. The lowest BCUT2D eigenvalue weighted by atomic mass is 15.9. The zero-order valence-electron chi connectivity index (χ0n) is 2.53. The molecule has 0 aromatic carbocycles. The van der Waals surface area contributed by atoms with Crippen LogP contribution in [0.25, 0.3) is 0 Å². The average molecular weight is 130 g/mol. The molecule has 0 amide bonds. The van der Waals surface area contributed by atoms with Crippen LogP contribution >= 0.6 is 0 Å². The summed E-state index contributed by atoms with van der Waals surface area (Å²) in [6.07, 6.45) is 0. The van der Waals surface area contributed by atoms with Crippen molar-refractivity contribution in [2.45, 2.75) is 0 Å². The van der Waals surface area contributed by atoms with Crippen molar-refractivity contribution in [2.75, 3.05) is 0 Å². The third kappa shape index (κ3) is 2.16. The van der Waals surface area contributed by atoms with E-state index in [9.17, 15) is 0 Å². The number of hydrogen-bond donors (Lipinski definition) is 2. The lowest BCUT2D eigenvalue weighted by Gasteiger charge is -1.52. The van der Waals surface area contributed by atoms with Crippen LogP contribution in [0.3, 0.4) is 0 Å². The molecule has 0 aliphatic carbocycles. The van der Waals surface area contributed by atoms with Gasteiger partial charge >= 0.3 is 0 Å². The van der Waals surface area contributed by atoms with Crippen molar-refractivity contribution in [1.29, 1.82) is 0 Å². The predicted molar refractivity (Wildman–Crippen MR) is 20.6 cm³/mol. The molecule has 38 valence electrons. The number of rotatable bonds is 1. The minimum absolute atomic E-state index is 3.21. The first-order valence-electron chi connectivity index (χ1n) is 0.930. The van der Waals surface area contributed by atoms with Gasteiger partial charge in [-0.3, -0.25) is 0 Å². The third-order valence-corrected chi connectivity index (χ3v) is 1.20. The van der Waals surface area contributed by atoms with Crippen LogP contribution in [0.5, 0.6) is 0 Å². The van der Waals surface area contributed by atoms with Gasteiger partial charge in [0.15, 0.2) is 0 Å². The molecule has 0 aromatic rings. The van der Waals surface area contributed by atoms with Crippen molar-refractivity contribution < 1.29 is 16.8 Å². The van der Waals surface area contributed by atoms with Gasteiger partial charge in [0.05, 0.1) is 0 Å². The normalized spacial score (nSPS) is 10.3. The van der Waals surface area contributed by atoms with Gasteiger partial charge in [-0.1, -0.05) is 0 Å². The van der Waals surface area contributed by atoms with Crippen LogP contribution in [-0.2, 0) is 19.5 Å². The molecular formula is H2O4S2. The van der Waals surface area contributed by atoms with E-state index < -0.39 is 19.5 Å². The van der Waals surface area contributed by atoms with Gasteiger partial charge in [0.2, 0.25) is 19.5 Å². The van der Waals surface area contributed by atoms with Gasteiger partial charge in [-0.25, -0.2) is 16.8 Å². The van der Waals surface area contributed by atoms with E-state index in [2.05, 4.69) is 0 Å². The highest BCUT2D eigenvalue weighted by Crippen LogP contribution is 1.54. The molecule has 0 bridgehead atoms. The van der Waals surface area contributed by atoms with Gasteiger partial charge < -0.3 is 0 Å². The molecule has 0 rings (SSSR count). The molecule has 0 aliphatic heterocycles. The van der Waals surface area contributed by atoms with Crippen molar-refractivity contribution >= 4 is 19.5 Å². The van der Waals surface area contributed by atoms with Crippen LogP contribution in [0.15, 0.2) is 0 Å². The van der Waals surface area contributed by atoms with Crippen molar-refractivity contribution in [3.8, 4) is 0 Å². The zero-order chi connectivity index (χ0) is 5.15. The molecule has 0 unspecified atom stereocenters. The van der Waals surface area contributed by atoms with Crippen LogP contribution in [0.1, 0.15) is 0 Å². The summed E-state index contributed by atoms with van der Waals surface area (Å²) in [5, 5.41) is 0. The fraction of sp³-hybridized carbons (Fsp3) is 0. The van der Waals surface area contributed by atoms with Crippen LogP contribution in [-0.4, -0.2) is 16.8 Å². The quantitative estimate of drug-likeness (QED) is 0.322. The smallest absolute Gasteiger partial charge is 0.216 e. The van der Waals surface area contributed by atoms with E-state index in [0.717, 1.165) is 0 Å². The second kappa shape index (κ2) is 2.14. The van der Waals surface area contributed by atoms with E-state index in [4.69, 9.17) is 16.8 Å². The van der Waals surface area contributed by atoms with Crippen LogP contribution in [0, 0.1) is 0 Å². The summed E-state index contributed by atoms with van der Waals surface area (Å²) < 4.78 is 36.6. The lowest BCUT2D eigenvalue weighted by molar-refractivity contribution is 0.603. The van der Waals surface area contributed by atoms with E-state index in [-0.39, 0.29) is 0 Å². The lowest BCUT2D eigenvalue weighted by Crippen LogP contribution is -1.72. The SMILES string of the molecule is O=[SH](=O)[SH](=O)=O. The fourth-order valence-corrected chi connectivity index (χ4v) is 0. The van der Waals surface area contributed by atoms with Crippen molar-refractivity contribution in [3.05, 3.63) is 0 Å². The Bertz CT molecular complexity index is 122. The Labute approximate surface area is 37.1 Å². The maximum Gasteiger partial charge on any atom is 0.241 e. The average Bonchev–Trinajstić information content (AvgIpc) is 1.36. The third-order valence-electron chi connectivity index (χ3n) is 0.133. The first-order chi connectivity index (χ1) is 2.64. The topological polar surface area (TPSA) is 68.3 Å². The second-order valence-corrected chi connectivity index (χ2v) is 3.39. The Kier molecular flexibility index (Phi) is 2.11. The van der Waals surface area contributed by atoms with Gasteiger partial charge in [-0.15, -0.1) is 0 Å². The summed E-state index contributed by atoms with van der Waals surface area (Å²) in [5.74, 6) is 0. The molecule has 0 aliphatic rings. The Morgan fingerprint density at radius 3 is 0.833 bits per heavy atom. The van der Waals surface area contributed by atoms with Crippen LogP contribution < -0.4 is 0 Å². The van der Waals surface area contributed by atoms with E-state index >= 15 is 0 Å². The highest BCUT2D eigenvalue weighted by atomic mass is 33.1.